The molecule has 0 atom stereocenters. The molecule has 0 saturated heterocycles. The minimum atomic E-state index is -0.423. The molecule has 2 aliphatic rings. The van der Waals surface area contributed by atoms with E-state index < -0.39 is 11.8 Å². The Labute approximate surface area is 196 Å². The standard InChI is InChI=1S/C26H21ClN2O4/c1-15-4-3-5-20(16(15)2)29-25(30)23(17-6-8-18(27)9-7-17)24(26(29)31)28-19-10-11-21-22(14-19)33-13-12-32-21/h3-11,14,28H,12-13H2,1-2H3. The fourth-order valence-corrected chi connectivity index (χ4v) is 4.12. The maximum absolute atomic E-state index is 13.6. The van der Waals surface area contributed by atoms with Crippen LogP contribution in [-0.4, -0.2) is 25.0 Å². The molecular weight excluding hydrogens is 440 g/mol. The molecule has 0 fully saturated rings. The minimum absolute atomic E-state index is 0.194. The number of nitrogens with one attached hydrogen (secondary N) is 1. The van der Waals surface area contributed by atoms with Crippen LogP contribution in [0.3, 0.4) is 0 Å². The van der Waals surface area contributed by atoms with Crippen LogP contribution in [0.15, 0.2) is 66.4 Å². The summed E-state index contributed by atoms with van der Waals surface area (Å²) in [7, 11) is 0. The lowest BCUT2D eigenvalue weighted by atomic mass is 10.0. The summed E-state index contributed by atoms with van der Waals surface area (Å²) in [5.74, 6) is 0.414. The normalized spacial score (nSPS) is 15.3. The summed E-state index contributed by atoms with van der Waals surface area (Å²) in [6, 6.07) is 17.8. The van der Waals surface area contributed by atoms with Gasteiger partial charge in [0, 0.05) is 16.8 Å². The summed E-state index contributed by atoms with van der Waals surface area (Å²) in [6.45, 7) is 4.79. The van der Waals surface area contributed by atoms with Crippen LogP contribution in [0.2, 0.25) is 5.02 Å². The van der Waals surface area contributed by atoms with Crippen LogP contribution in [0, 0.1) is 13.8 Å². The number of benzene rings is 3. The third kappa shape index (κ3) is 3.72. The fraction of sp³-hybridized carbons (Fsp3) is 0.154. The average Bonchev–Trinajstić information content (AvgIpc) is 3.05. The molecule has 2 heterocycles. The zero-order valence-electron chi connectivity index (χ0n) is 18.1. The van der Waals surface area contributed by atoms with Gasteiger partial charge >= 0.3 is 0 Å². The predicted octanol–water partition coefficient (Wildman–Crippen LogP) is 5.12. The second-order valence-electron chi connectivity index (χ2n) is 7.91. The largest absolute Gasteiger partial charge is 0.486 e. The lowest BCUT2D eigenvalue weighted by Gasteiger charge is -2.20. The first-order chi connectivity index (χ1) is 15.9. The van der Waals surface area contributed by atoms with E-state index in [-0.39, 0.29) is 11.3 Å². The van der Waals surface area contributed by atoms with Gasteiger partial charge in [0.25, 0.3) is 11.8 Å². The Bertz CT molecular complexity index is 1310. The molecule has 33 heavy (non-hydrogen) atoms. The zero-order chi connectivity index (χ0) is 23.1. The van der Waals surface area contributed by atoms with Crippen molar-refractivity contribution >= 4 is 40.4 Å². The van der Waals surface area contributed by atoms with E-state index in [1.54, 1.807) is 48.5 Å². The number of rotatable bonds is 4. The van der Waals surface area contributed by atoms with Gasteiger partial charge < -0.3 is 14.8 Å². The van der Waals surface area contributed by atoms with E-state index >= 15 is 0 Å². The molecule has 0 radical (unpaired) electrons. The third-order valence-electron chi connectivity index (χ3n) is 5.85. The Balaban J connectivity index is 1.60. The molecule has 3 aromatic carbocycles. The molecular formula is C26H21ClN2O4. The lowest BCUT2D eigenvalue weighted by molar-refractivity contribution is -0.120. The van der Waals surface area contributed by atoms with E-state index in [1.807, 2.05) is 26.0 Å². The highest BCUT2D eigenvalue weighted by Gasteiger charge is 2.41. The number of anilines is 2. The maximum atomic E-state index is 13.6. The van der Waals surface area contributed by atoms with Crippen molar-refractivity contribution in [1.29, 1.82) is 0 Å². The summed E-state index contributed by atoms with van der Waals surface area (Å²) in [4.78, 5) is 28.5. The number of nitrogens with zero attached hydrogens (tertiary/aromatic N) is 1. The molecule has 0 unspecified atom stereocenters. The number of hydrogen-bond donors (Lipinski definition) is 1. The quantitative estimate of drug-likeness (QED) is 0.547. The van der Waals surface area contributed by atoms with E-state index in [9.17, 15) is 9.59 Å². The number of hydrogen-bond acceptors (Lipinski definition) is 5. The van der Waals surface area contributed by atoms with Crippen molar-refractivity contribution in [3.63, 3.8) is 0 Å². The molecule has 1 N–H and O–H groups in total. The number of carbonyl (C=O) groups excluding carboxylic acids is 2. The van der Waals surface area contributed by atoms with E-state index in [0.29, 0.717) is 46.7 Å². The van der Waals surface area contributed by atoms with Gasteiger partial charge in [0.2, 0.25) is 0 Å². The maximum Gasteiger partial charge on any atom is 0.282 e. The third-order valence-corrected chi connectivity index (χ3v) is 6.10. The van der Waals surface area contributed by atoms with Crippen LogP contribution in [-0.2, 0) is 9.59 Å². The molecule has 5 rings (SSSR count). The zero-order valence-corrected chi connectivity index (χ0v) is 18.9. The Morgan fingerprint density at radius 2 is 1.61 bits per heavy atom. The van der Waals surface area contributed by atoms with Crippen LogP contribution in [0.1, 0.15) is 16.7 Å². The van der Waals surface area contributed by atoms with Crippen molar-refractivity contribution in [3.8, 4) is 11.5 Å². The SMILES string of the molecule is Cc1cccc(N2C(=O)C(Nc3ccc4c(c3)OCCO4)=C(c3ccc(Cl)cc3)C2=O)c1C. The van der Waals surface area contributed by atoms with Crippen LogP contribution >= 0.6 is 11.6 Å². The van der Waals surface area contributed by atoms with Gasteiger partial charge in [0.05, 0.1) is 11.3 Å². The second kappa shape index (κ2) is 8.30. The number of ether oxygens (including phenoxy) is 2. The lowest BCUT2D eigenvalue weighted by Crippen LogP contribution is -2.33. The number of carbonyl (C=O) groups is 2. The first-order valence-electron chi connectivity index (χ1n) is 10.6. The van der Waals surface area contributed by atoms with Gasteiger partial charge in [-0.15, -0.1) is 0 Å². The summed E-state index contributed by atoms with van der Waals surface area (Å²) in [5, 5.41) is 3.71. The Morgan fingerprint density at radius 3 is 2.36 bits per heavy atom. The van der Waals surface area contributed by atoms with Gasteiger partial charge in [-0.05, 0) is 60.9 Å². The monoisotopic (exact) mass is 460 g/mol. The van der Waals surface area contributed by atoms with E-state index in [1.165, 1.54) is 4.90 Å². The molecule has 2 aliphatic heterocycles. The van der Waals surface area contributed by atoms with Crippen LogP contribution in [0.5, 0.6) is 11.5 Å². The molecule has 0 saturated carbocycles. The summed E-state index contributed by atoms with van der Waals surface area (Å²) in [6.07, 6.45) is 0. The Kier molecular flexibility index (Phi) is 5.30. The summed E-state index contributed by atoms with van der Waals surface area (Å²) >= 11 is 6.06. The number of imide groups is 1. The fourth-order valence-electron chi connectivity index (χ4n) is 3.99. The van der Waals surface area contributed by atoms with E-state index in [0.717, 1.165) is 11.1 Å². The number of halogens is 1. The molecule has 0 bridgehead atoms. The van der Waals surface area contributed by atoms with Gasteiger partial charge in [0.15, 0.2) is 11.5 Å². The predicted molar refractivity (Wildman–Crippen MR) is 128 cm³/mol. The Hall–Kier alpha value is -3.77. The first kappa shape index (κ1) is 21.1. The molecule has 0 aromatic heterocycles. The second-order valence-corrected chi connectivity index (χ2v) is 8.34. The van der Waals surface area contributed by atoms with Crippen molar-refractivity contribution in [2.45, 2.75) is 13.8 Å². The summed E-state index contributed by atoms with van der Waals surface area (Å²) < 4.78 is 11.2. The van der Waals surface area contributed by atoms with Gasteiger partial charge in [-0.1, -0.05) is 35.9 Å². The van der Waals surface area contributed by atoms with Gasteiger partial charge in [-0.3, -0.25) is 9.59 Å². The molecule has 166 valence electrons. The van der Waals surface area contributed by atoms with Crippen molar-refractivity contribution in [1.82, 2.24) is 0 Å². The summed E-state index contributed by atoms with van der Waals surface area (Å²) in [5.41, 5.74) is 4.13. The van der Waals surface area contributed by atoms with Crippen LogP contribution in [0.25, 0.3) is 5.57 Å². The molecule has 3 aromatic rings. The molecule has 6 nitrogen and oxygen atoms in total. The minimum Gasteiger partial charge on any atom is -0.486 e. The molecule has 7 heteroatoms. The van der Waals surface area contributed by atoms with Gasteiger partial charge in [-0.2, -0.15) is 0 Å². The van der Waals surface area contributed by atoms with E-state index in [4.69, 9.17) is 21.1 Å². The smallest absolute Gasteiger partial charge is 0.282 e. The van der Waals surface area contributed by atoms with Crippen LogP contribution in [0.4, 0.5) is 11.4 Å². The van der Waals surface area contributed by atoms with Crippen molar-refractivity contribution < 1.29 is 19.1 Å². The van der Waals surface area contributed by atoms with Gasteiger partial charge in [0.1, 0.15) is 18.9 Å². The highest BCUT2D eigenvalue weighted by Crippen LogP contribution is 2.38. The van der Waals surface area contributed by atoms with Crippen molar-refractivity contribution in [3.05, 3.63) is 88.1 Å². The average molecular weight is 461 g/mol. The van der Waals surface area contributed by atoms with Crippen LogP contribution < -0.4 is 19.7 Å². The number of amides is 2. The van der Waals surface area contributed by atoms with E-state index in [2.05, 4.69) is 5.32 Å². The molecule has 0 aliphatic carbocycles. The number of fused-ring (bicyclic) bond motifs is 1. The molecule has 2 amide bonds. The molecule has 0 spiro atoms. The Morgan fingerprint density at radius 1 is 0.879 bits per heavy atom. The number of aryl methyl sites for hydroxylation is 1. The van der Waals surface area contributed by atoms with Crippen molar-refractivity contribution in [2.75, 3.05) is 23.4 Å². The highest BCUT2D eigenvalue weighted by molar-refractivity contribution is 6.46. The first-order valence-corrected chi connectivity index (χ1v) is 10.9. The van der Waals surface area contributed by atoms with Gasteiger partial charge in [-0.25, -0.2) is 4.90 Å². The highest BCUT2D eigenvalue weighted by atomic mass is 35.5. The topological polar surface area (TPSA) is 67.9 Å². The van der Waals surface area contributed by atoms with Crippen molar-refractivity contribution in [2.24, 2.45) is 0 Å².